The molecule has 3 rings (SSSR count). The van der Waals surface area contributed by atoms with E-state index in [2.05, 4.69) is 0 Å². The van der Waals surface area contributed by atoms with E-state index in [1.807, 2.05) is 30.3 Å². The molecule has 0 radical (unpaired) electrons. The number of phenolic OH excluding ortho intramolecular Hbond substituents is 2. The van der Waals surface area contributed by atoms with E-state index in [1.54, 1.807) is 18.2 Å². The van der Waals surface area contributed by atoms with E-state index in [4.69, 9.17) is 0 Å². The Kier molecular flexibility index (Phi) is 1.77. The van der Waals surface area contributed by atoms with Crippen LogP contribution in [0.1, 0.15) is 0 Å². The summed E-state index contributed by atoms with van der Waals surface area (Å²) in [6.45, 7) is 0. The average Bonchev–Trinajstić information content (AvgIpc) is 2.31. The molecular weight excluding hydrogens is 200 g/mol. The van der Waals surface area contributed by atoms with Crippen molar-refractivity contribution in [1.29, 1.82) is 0 Å². The molecule has 0 amide bonds. The quantitative estimate of drug-likeness (QED) is 0.558. The van der Waals surface area contributed by atoms with Gasteiger partial charge in [-0.15, -0.1) is 0 Å². The maximum absolute atomic E-state index is 10.1. The van der Waals surface area contributed by atoms with Gasteiger partial charge in [0.25, 0.3) is 0 Å². The molecule has 78 valence electrons. The predicted molar refractivity (Wildman–Crippen MR) is 64.8 cm³/mol. The Morgan fingerprint density at radius 3 is 2.31 bits per heavy atom. The van der Waals surface area contributed by atoms with Crippen molar-refractivity contribution >= 4 is 21.5 Å². The molecule has 0 aromatic heterocycles. The second kappa shape index (κ2) is 3.14. The minimum Gasteiger partial charge on any atom is -0.508 e. The van der Waals surface area contributed by atoms with E-state index in [-0.39, 0.29) is 11.5 Å². The average molecular weight is 210 g/mol. The number of hydrogen-bond donors (Lipinski definition) is 2. The summed E-state index contributed by atoms with van der Waals surface area (Å²) in [4.78, 5) is 0. The summed E-state index contributed by atoms with van der Waals surface area (Å²) < 4.78 is 0. The summed E-state index contributed by atoms with van der Waals surface area (Å²) in [6, 6.07) is 14.7. The third kappa shape index (κ3) is 1.20. The molecule has 0 saturated heterocycles. The van der Waals surface area contributed by atoms with E-state index < -0.39 is 0 Å². The van der Waals surface area contributed by atoms with E-state index in [0.717, 1.165) is 16.2 Å². The summed E-state index contributed by atoms with van der Waals surface area (Å²) in [5, 5.41) is 22.9. The van der Waals surface area contributed by atoms with Gasteiger partial charge in [0.1, 0.15) is 11.5 Å². The first-order valence-electron chi connectivity index (χ1n) is 5.09. The molecule has 3 aromatic rings. The molecule has 0 heterocycles. The Bertz CT molecular complexity index is 687. The van der Waals surface area contributed by atoms with Crippen LogP contribution >= 0.6 is 0 Å². The van der Waals surface area contributed by atoms with Gasteiger partial charge in [0, 0.05) is 10.8 Å². The number of rotatable bonds is 0. The maximum Gasteiger partial charge on any atom is 0.131 e. The molecule has 0 aliphatic heterocycles. The molecular formula is C14H10O2. The lowest BCUT2D eigenvalue weighted by Crippen LogP contribution is -1.78. The minimum absolute atomic E-state index is 0.165. The Hall–Kier alpha value is -2.22. The lowest BCUT2D eigenvalue weighted by molar-refractivity contribution is 0.473. The molecule has 2 heteroatoms. The fourth-order valence-corrected chi connectivity index (χ4v) is 2.03. The van der Waals surface area contributed by atoms with E-state index in [0.29, 0.717) is 5.39 Å². The zero-order valence-electron chi connectivity index (χ0n) is 8.51. The van der Waals surface area contributed by atoms with Gasteiger partial charge < -0.3 is 10.2 Å². The SMILES string of the molecule is Oc1ccc2cc3ccccc3c(O)c2c1. The Labute approximate surface area is 92.4 Å². The van der Waals surface area contributed by atoms with Crippen molar-refractivity contribution in [2.24, 2.45) is 0 Å². The van der Waals surface area contributed by atoms with Gasteiger partial charge in [-0.1, -0.05) is 30.3 Å². The Morgan fingerprint density at radius 2 is 1.44 bits per heavy atom. The summed E-state index contributed by atoms with van der Waals surface area (Å²) in [5.41, 5.74) is 0. The second-order valence-corrected chi connectivity index (χ2v) is 3.85. The molecule has 0 bridgehead atoms. The number of hydrogen-bond acceptors (Lipinski definition) is 2. The zero-order chi connectivity index (χ0) is 11.1. The van der Waals surface area contributed by atoms with Gasteiger partial charge in [0.15, 0.2) is 0 Å². The highest BCUT2D eigenvalue weighted by Gasteiger charge is 2.06. The van der Waals surface area contributed by atoms with Crippen LogP contribution in [0.4, 0.5) is 0 Å². The number of benzene rings is 3. The van der Waals surface area contributed by atoms with E-state index in [9.17, 15) is 10.2 Å². The van der Waals surface area contributed by atoms with Crippen molar-refractivity contribution in [3.63, 3.8) is 0 Å². The highest BCUT2D eigenvalue weighted by Crippen LogP contribution is 2.35. The first-order valence-corrected chi connectivity index (χ1v) is 5.09. The lowest BCUT2D eigenvalue weighted by atomic mass is 10.0. The van der Waals surface area contributed by atoms with Gasteiger partial charge >= 0.3 is 0 Å². The highest BCUT2D eigenvalue weighted by atomic mass is 16.3. The first kappa shape index (κ1) is 9.04. The molecule has 2 N–H and O–H groups in total. The molecule has 0 spiro atoms. The molecule has 0 saturated carbocycles. The topological polar surface area (TPSA) is 40.5 Å². The predicted octanol–water partition coefficient (Wildman–Crippen LogP) is 3.40. The number of phenols is 2. The Balaban J connectivity index is 2.56. The minimum atomic E-state index is 0.165. The lowest BCUT2D eigenvalue weighted by Gasteiger charge is -2.06. The largest absolute Gasteiger partial charge is 0.508 e. The molecule has 2 nitrogen and oxygen atoms in total. The number of fused-ring (bicyclic) bond motifs is 2. The van der Waals surface area contributed by atoms with Crippen molar-refractivity contribution in [1.82, 2.24) is 0 Å². The van der Waals surface area contributed by atoms with Crippen molar-refractivity contribution in [2.75, 3.05) is 0 Å². The summed E-state index contributed by atoms with van der Waals surface area (Å²) in [5.74, 6) is 0.391. The van der Waals surface area contributed by atoms with Gasteiger partial charge in [0.05, 0.1) is 0 Å². The van der Waals surface area contributed by atoms with Crippen molar-refractivity contribution in [3.05, 3.63) is 48.5 Å². The number of aromatic hydroxyl groups is 2. The summed E-state index contributed by atoms with van der Waals surface area (Å²) in [7, 11) is 0. The van der Waals surface area contributed by atoms with Crippen molar-refractivity contribution in [2.45, 2.75) is 0 Å². The van der Waals surface area contributed by atoms with E-state index >= 15 is 0 Å². The Morgan fingerprint density at radius 1 is 0.688 bits per heavy atom. The molecule has 0 fully saturated rings. The van der Waals surface area contributed by atoms with Crippen LogP contribution in [0.2, 0.25) is 0 Å². The maximum atomic E-state index is 10.1. The summed E-state index contributed by atoms with van der Waals surface area (Å²) in [6.07, 6.45) is 0. The van der Waals surface area contributed by atoms with Crippen LogP contribution in [0.3, 0.4) is 0 Å². The van der Waals surface area contributed by atoms with Crippen LogP contribution < -0.4 is 0 Å². The zero-order valence-corrected chi connectivity index (χ0v) is 8.51. The third-order valence-corrected chi connectivity index (χ3v) is 2.82. The van der Waals surface area contributed by atoms with Crippen LogP contribution in [-0.2, 0) is 0 Å². The second-order valence-electron chi connectivity index (χ2n) is 3.85. The highest BCUT2D eigenvalue weighted by molar-refractivity contribution is 6.05. The van der Waals surface area contributed by atoms with Crippen molar-refractivity contribution < 1.29 is 10.2 Å². The van der Waals surface area contributed by atoms with Crippen LogP contribution in [-0.4, -0.2) is 10.2 Å². The fraction of sp³-hybridized carbons (Fsp3) is 0. The van der Waals surface area contributed by atoms with Crippen LogP contribution in [0.5, 0.6) is 11.5 Å². The van der Waals surface area contributed by atoms with E-state index in [1.165, 1.54) is 0 Å². The molecule has 0 atom stereocenters. The smallest absolute Gasteiger partial charge is 0.131 e. The van der Waals surface area contributed by atoms with Gasteiger partial charge in [-0.3, -0.25) is 0 Å². The van der Waals surface area contributed by atoms with Crippen LogP contribution in [0.25, 0.3) is 21.5 Å². The molecule has 3 aromatic carbocycles. The van der Waals surface area contributed by atoms with Gasteiger partial charge in [-0.25, -0.2) is 0 Å². The standard InChI is InChI=1S/C14H10O2/c15-11-6-5-10-7-9-3-1-2-4-12(9)14(16)13(10)8-11/h1-8,15-16H. The fourth-order valence-electron chi connectivity index (χ4n) is 2.03. The molecule has 0 unspecified atom stereocenters. The molecule has 16 heavy (non-hydrogen) atoms. The third-order valence-electron chi connectivity index (χ3n) is 2.82. The van der Waals surface area contributed by atoms with Crippen LogP contribution in [0.15, 0.2) is 48.5 Å². The first-order chi connectivity index (χ1) is 7.75. The van der Waals surface area contributed by atoms with Crippen molar-refractivity contribution in [3.8, 4) is 11.5 Å². The molecule has 0 aliphatic carbocycles. The molecule has 0 aliphatic rings. The van der Waals surface area contributed by atoms with Gasteiger partial charge in [-0.05, 0) is 29.0 Å². The van der Waals surface area contributed by atoms with Gasteiger partial charge in [0.2, 0.25) is 0 Å². The monoisotopic (exact) mass is 210 g/mol. The van der Waals surface area contributed by atoms with Crippen LogP contribution in [0, 0.1) is 0 Å². The van der Waals surface area contributed by atoms with Gasteiger partial charge in [-0.2, -0.15) is 0 Å². The summed E-state index contributed by atoms with van der Waals surface area (Å²) >= 11 is 0. The normalized spacial score (nSPS) is 11.0.